The molecule has 0 atom stereocenters. The van der Waals surface area contributed by atoms with Crippen LogP contribution in [-0.2, 0) is 8.85 Å². The Hall–Kier alpha value is 0.137. The second-order valence-corrected chi connectivity index (χ2v) is 3.68. The molecule has 9 heavy (non-hydrogen) atoms. The van der Waals surface area contributed by atoms with Crippen LogP contribution in [0.1, 0.15) is 20.8 Å². The zero-order valence-corrected chi connectivity index (χ0v) is 7.54. The monoisotopic (exact) mass is 147 g/mol. The van der Waals surface area contributed by atoms with Gasteiger partial charge in [-0.25, -0.2) is 0 Å². The normalized spacial score (nSPS) is 10.7. The minimum atomic E-state index is -1.34. The van der Waals surface area contributed by atoms with Gasteiger partial charge in [0.1, 0.15) is 0 Å². The second kappa shape index (κ2) is 6.26. The van der Waals surface area contributed by atoms with Crippen LogP contribution in [0.5, 0.6) is 0 Å². The van der Waals surface area contributed by atoms with Crippen molar-refractivity contribution in [3.8, 4) is 0 Å². The molecule has 0 rings (SSSR count). The van der Waals surface area contributed by atoms with E-state index in [1.807, 2.05) is 26.8 Å². The van der Waals surface area contributed by atoms with Crippen LogP contribution in [0, 0.1) is 6.04 Å². The van der Waals surface area contributed by atoms with E-state index in [1.165, 1.54) is 0 Å². The summed E-state index contributed by atoms with van der Waals surface area (Å²) in [5, 5.41) is 0. The van der Waals surface area contributed by atoms with Gasteiger partial charge in [0.15, 0.2) is 0 Å². The topological polar surface area (TPSA) is 18.5 Å². The summed E-state index contributed by atoms with van der Waals surface area (Å²) in [7, 11) is -1.34. The van der Waals surface area contributed by atoms with Crippen molar-refractivity contribution in [1.29, 1.82) is 0 Å². The molecule has 0 fully saturated rings. The first kappa shape index (κ1) is 9.14. The number of hydrogen-bond acceptors (Lipinski definition) is 2. The van der Waals surface area contributed by atoms with Crippen LogP contribution in [0.4, 0.5) is 0 Å². The third-order valence-corrected chi connectivity index (χ3v) is 2.80. The average molecular weight is 147 g/mol. The lowest BCUT2D eigenvalue weighted by Crippen LogP contribution is -2.22. The van der Waals surface area contributed by atoms with Crippen LogP contribution >= 0.6 is 0 Å². The maximum absolute atomic E-state index is 5.29. The van der Waals surface area contributed by atoms with E-state index in [-0.39, 0.29) is 0 Å². The number of hydrogen-bond donors (Lipinski definition) is 0. The quantitative estimate of drug-likeness (QED) is 0.541. The van der Waals surface area contributed by atoms with Crippen molar-refractivity contribution in [2.45, 2.75) is 20.8 Å². The minimum absolute atomic E-state index is 0.765. The summed E-state index contributed by atoms with van der Waals surface area (Å²) in [5.74, 6) is 0. The smallest absolute Gasteiger partial charge is 0.324 e. The van der Waals surface area contributed by atoms with E-state index in [9.17, 15) is 0 Å². The van der Waals surface area contributed by atoms with Gasteiger partial charge in [-0.1, -0.05) is 6.92 Å². The Morgan fingerprint density at radius 3 is 1.89 bits per heavy atom. The van der Waals surface area contributed by atoms with Crippen molar-refractivity contribution in [2.75, 3.05) is 13.2 Å². The zero-order valence-electron chi connectivity index (χ0n) is 6.39. The van der Waals surface area contributed by atoms with Gasteiger partial charge in [-0.3, -0.25) is 0 Å². The van der Waals surface area contributed by atoms with E-state index in [2.05, 4.69) is 0 Å². The summed E-state index contributed by atoms with van der Waals surface area (Å²) < 4.78 is 10.6. The highest BCUT2D eigenvalue weighted by Gasteiger charge is 2.06. The summed E-state index contributed by atoms with van der Waals surface area (Å²) in [6.07, 6.45) is 0. The van der Waals surface area contributed by atoms with E-state index in [4.69, 9.17) is 8.85 Å². The molecule has 55 valence electrons. The van der Waals surface area contributed by atoms with Crippen LogP contribution in [0.3, 0.4) is 0 Å². The predicted molar refractivity (Wildman–Crippen MR) is 40.4 cm³/mol. The SMILES string of the molecule is C[CH][SiH](OCC)OCC. The summed E-state index contributed by atoms with van der Waals surface area (Å²) in [5.41, 5.74) is 0. The molecular weight excluding hydrogens is 132 g/mol. The number of rotatable bonds is 5. The molecule has 0 amide bonds. The second-order valence-electron chi connectivity index (χ2n) is 1.61. The summed E-state index contributed by atoms with van der Waals surface area (Å²) in [6.45, 7) is 7.50. The third-order valence-electron chi connectivity index (χ3n) is 0.934. The van der Waals surface area contributed by atoms with Gasteiger partial charge in [0.05, 0.1) is 0 Å². The Balaban J connectivity index is 3.18. The molecule has 0 N–H and O–H groups in total. The molecule has 0 aromatic heterocycles. The molecule has 0 heterocycles. The Morgan fingerprint density at radius 1 is 1.22 bits per heavy atom. The van der Waals surface area contributed by atoms with Gasteiger partial charge in [0, 0.05) is 19.3 Å². The molecule has 0 aliphatic heterocycles. The van der Waals surface area contributed by atoms with E-state index < -0.39 is 9.28 Å². The van der Waals surface area contributed by atoms with Crippen LogP contribution in [0.15, 0.2) is 0 Å². The highest BCUT2D eigenvalue weighted by molar-refractivity contribution is 6.48. The van der Waals surface area contributed by atoms with Crippen molar-refractivity contribution in [2.24, 2.45) is 0 Å². The first-order valence-corrected chi connectivity index (χ1v) is 4.98. The van der Waals surface area contributed by atoms with Crippen LogP contribution in [0.2, 0.25) is 0 Å². The maximum atomic E-state index is 5.29. The average Bonchev–Trinajstić information content (AvgIpc) is 1.88. The first-order chi connectivity index (χ1) is 4.35. The fourth-order valence-electron chi connectivity index (χ4n) is 0.569. The van der Waals surface area contributed by atoms with Crippen molar-refractivity contribution in [1.82, 2.24) is 0 Å². The van der Waals surface area contributed by atoms with Crippen molar-refractivity contribution >= 4 is 9.28 Å². The Bertz CT molecular complexity index is 53.0. The molecule has 1 radical (unpaired) electrons. The molecule has 0 aliphatic rings. The Morgan fingerprint density at radius 2 is 1.67 bits per heavy atom. The Labute approximate surface area is 59.0 Å². The van der Waals surface area contributed by atoms with Gasteiger partial charge in [0.25, 0.3) is 0 Å². The van der Waals surface area contributed by atoms with Gasteiger partial charge in [-0.05, 0) is 13.8 Å². The van der Waals surface area contributed by atoms with Crippen LogP contribution in [0.25, 0.3) is 0 Å². The molecule has 0 saturated heterocycles. The van der Waals surface area contributed by atoms with E-state index in [1.54, 1.807) is 0 Å². The van der Waals surface area contributed by atoms with Crippen LogP contribution < -0.4 is 0 Å². The first-order valence-electron chi connectivity index (χ1n) is 3.37. The standard InChI is InChI=1S/C6H15O2Si/c1-4-7-9(6-3)8-5-2/h6,9H,4-5H2,1-3H3. The molecule has 0 aliphatic carbocycles. The molecule has 0 aromatic carbocycles. The summed E-state index contributed by atoms with van der Waals surface area (Å²) >= 11 is 0. The third kappa shape index (κ3) is 4.63. The summed E-state index contributed by atoms with van der Waals surface area (Å²) in [4.78, 5) is 0. The maximum Gasteiger partial charge on any atom is 0.324 e. The van der Waals surface area contributed by atoms with E-state index >= 15 is 0 Å². The summed E-state index contributed by atoms with van der Waals surface area (Å²) in [6, 6.07) is 2.03. The van der Waals surface area contributed by atoms with E-state index in [0.29, 0.717) is 0 Å². The molecule has 0 aromatic rings. The van der Waals surface area contributed by atoms with Gasteiger partial charge >= 0.3 is 9.28 Å². The van der Waals surface area contributed by atoms with Gasteiger partial charge in [0.2, 0.25) is 0 Å². The highest BCUT2D eigenvalue weighted by Crippen LogP contribution is 1.92. The highest BCUT2D eigenvalue weighted by atomic mass is 28.3. The lowest BCUT2D eigenvalue weighted by Gasteiger charge is -2.10. The van der Waals surface area contributed by atoms with Gasteiger partial charge < -0.3 is 8.85 Å². The fourth-order valence-corrected chi connectivity index (χ4v) is 1.71. The van der Waals surface area contributed by atoms with Crippen LogP contribution in [-0.4, -0.2) is 22.5 Å². The fraction of sp³-hybridized carbons (Fsp3) is 0.833. The van der Waals surface area contributed by atoms with Crippen molar-refractivity contribution in [3.63, 3.8) is 0 Å². The molecule has 0 unspecified atom stereocenters. The minimum Gasteiger partial charge on any atom is -0.397 e. The lowest BCUT2D eigenvalue weighted by molar-refractivity contribution is 0.220. The largest absolute Gasteiger partial charge is 0.397 e. The molecular formula is C6H15O2Si. The van der Waals surface area contributed by atoms with Gasteiger partial charge in [-0.15, -0.1) is 0 Å². The molecule has 0 spiro atoms. The van der Waals surface area contributed by atoms with Crippen molar-refractivity contribution in [3.05, 3.63) is 6.04 Å². The molecule has 3 heteroatoms. The Kier molecular flexibility index (Phi) is 6.35. The zero-order chi connectivity index (χ0) is 7.11. The molecule has 0 bridgehead atoms. The predicted octanol–water partition coefficient (Wildman–Crippen LogP) is 1.04. The molecule has 0 saturated carbocycles. The van der Waals surface area contributed by atoms with Crippen molar-refractivity contribution < 1.29 is 8.85 Å². The van der Waals surface area contributed by atoms with E-state index in [0.717, 1.165) is 13.2 Å². The van der Waals surface area contributed by atoms with Gasteiger partial charge in [-0.2, -0.15) is 0 Å². The molecule has 2 nitrogen and oxygen atoms in total. The lowest BCUT2D eigenvalue weighted by atomic mass is 10.9.